The Labute approximate surface area is 127 Å². The molecule has 1 aliphatic carbocycles. The molecule has 0 unspecified atom stereocenters. The van der Waals surface area contributed by atoms with Crippen LogP contribution in [0.1, 0.15) is 24.5 Å². The van der Waals surface area contributed by atoms with Crippen molar-refractivity contribution < 1.29 is 9.47 Å². The van der Waals surface area contributed by atoms with Gasteiger partial charge in [-0.05, 0) is 37.9 Å². The number of benzene rings is 1. The van der Waals surface area contributed by atoms with Gasteiger partial charge in [-0.15, -0.1) is 0 Å². The number of piperazine rings is 1. The Bertz CT molecular complexity index is 502. The molecule has 1 saturated heterocycles. The molecule has 0 radical (unpaired) electrons. The van der Waals surface area contributed by atoms with Gasteiger partial charge in [-0.1, -0.05) is 6.92 Å². The van der Waals surface area contributed by atoms with Crippen molar-refractivity contribution in [2.75, 3.05) is 33.9 Å². The Morgan fingerprint density at radius 1 is 1.14 bits per heavy atom. The molecule has 1 aliphatic heterocycles. The molecule has 1 N–H and O–H groups in total. The summed E-state index contributed by atoms with van der Waals surface area (Å²) in [6.07, 6.45) is 3.29. The second-order valence-corrected chi connectivity index (χ2v) is 6.00. The van der Waals surface area contributed by atoms with Crippen molar-refractivity contribution in [3.05, 3.63) is 23.3 Å². The first-order chi connectivity index (χ1) is 10.3. The van der Waals surface area contributed by atoms with Gasteiger partial charge < -0.3 is 14.8 Å². The molecule has 21 heavy (non-hydrogen) atoms. The largest absolute Gasteiger partial charge is 0.496 e. The summed E-state index contributed by atoms with van der Waals surface area (Å²) >= 11 is 0. The molecule has 0 aromatic heterocycles. The second-order valence-electron chi connectivity index (χ2n) is 6.00. The highest BCUT2D eigenvalue weighted by molar-refractivity contribution is 5.51. The summed E-state index contributed by atoms with van der Waals surface area (Å²) in [7, 11) is 3.52. The quantitative estimate of drug-likeness (QED) is 0.918. The third-order valence-corrected chi connectivity index (χ3v) is 4.87. The van der Waals surface area contributed by atoms with Gasteiger partial charge >= 0.3 is 0 Å². The number of rotatable bonds is 4. The van der Waals surface area contributed by atoms with Crippen LogP contribution < -0.4 is 14.8 Å². The van der Waals surface area contributed by atoms with Gasteiger partial charge in [-0.3, -0.25) is 4.90 Å². The molecule has 0 saturated carbocycles. The number of hydrogen-bond donors (Lipinski definition) is 1. The number of fused-ring (bicyclic) bond motifs is 2. The molecule has 116 valence electrons. The molecule has 1 aromatic rings. The minimum Gasteiger partial charge on any atom is -0.496 e. The van der Waals surface area contributed by atoms with Crippen LogP contribution in [0.2, 0.25) is 0 Å². The van der Waals surface area contributed by atoms with E-state index >= 15 is 0 Å². The summed E-state index contributed by atoms with van der Waals surface area (Å²) in [5.41, 5.74) is 2.66. The van der Waals surface area contributed by atoms with Crippen LogP contribution >= 0.6 is 0 Å². The van der Waals surface area contributed by atoms with Crippen LogP contribution in [0.5, 0.6) is 11.5 Å². The predicted molar refractivity (Wildman–Crippen MR) is 84.4 cm³/mol. The molecule has 0 amide bonds. The molecule has 4 heteroatoms. The Hall–Kier alpha value is -1.26. The second kappa shape index (κ2) is 6.24. The smallest absolute Gasteiger partial charge is 0.122 e. The van der Waals surface area contributed by atoms with E-state index in [-0.39, 0.29) is 0 Å². The standard InChI is InChI=1S/C17H26N2O2/c1-4-8-19-9-7-18-14-10-12-13(11-15(14)19)17(21-3)6-5-16(12)20-2/h5-6,14-15,18H,4,7-11H2,1-3H3/t14-,15-/m1/s1. The normalized spacial score (nSPS) is 25.1. The topological polar surface area (TPSA) is 33.7 Å². The fraction of sp³-hybridized carbons (Fsp3) is 0.647. The molecule has 1 heterocycles. The van der Waals surface area contributed by atoms with E-state index < -0.39 is 0 Å². The summed E-state index contributed by atoms with van der Waals surface area (Å²) in [4.78, 5) is 2.64. The Morgan fingerprint density at radius 2 is 1.81 bits per heavy atom. The zero-order chi connectivity index (χ0) is 14.8. The van der Waals surface area contributed by atoms with E-state index in [4.69, 9.17) is 9.47 Å². The number of nitrogens with one attached hydrogen (secondary N) is 1. The lowest BCUT2D eigenvalue weighted by Gasteiger charge is -2.45. The number of nitrogens with zero attached hydrogens (tertiary/aromatic N) is 1. The van der Waals surface area contributed by atoms with Crippen molar-refractivity contribution in [2.45, 2.75) is 38.3 Å². The highest BCUT2D eigenvalue weighted by Gasteiger charge is 2.37. The summed E-state index contributed by atoms with van der Waals surface area (Å²) in [5.74, 6) is 2.00. The van der Waals surface area contributed by atoms with Gasteiger partial charge in [0.1, 0.15) is 11.5 Å². The molecule has 2 aliphatic rings. The van der Waals surface area contributed by atoms with E-state index in [1.165, 1.54) is 24.1 Å². The van der Waals surface area contributed by atoms with Crippen LogP contribution in [0.15, 0.2) is 12.1 Å². The zero-order valence-corrected chi connectivity index (χ0v) is 13.3. The predicted octanol–water partition coefficient (Wildman–Crippen LogP) is 1.85. The van der Waals surface area contributed by atoms with Gasteiger partial charge in [-0.25, -0.2) is 0 Å². The SMILES string of the molecule is CCCN1CCN[C@@H]2Cc3c(OC)ccc(OC)c3C[C@H]21. The Morgan fingerprint density at radius 3 is 2.43 bits per heavy atom. The maximum atomic E-state index is 5.59. The molecule has 0 bridgehead atoms. The van der Waals surface area contributed by atoms with E-state index in [9.17, 15) is 0 Å². The van der Waals surface area contributed by atoms with E-state index in [1.54, 1.807) is 14.2 Å². The third-order valence-electron chi connectivity index (χ3n) is 4.87. The lowest BCUT2D eigenvalue weighted by molar-refractivity contribution is 0.110. The van der Waals surface area contributed by atoms with E-state index in [2.05, 4.69) is 17.1 Å². The summed E-state index contributed by atoms with van der Waals surface area (Å²) in [6.45, 7) is 5.68. The van der Waals surface area contributed by atoms with Crippen LogP contribution in [-0.2, 0) is 12.8 Å². The lowest BCUT2D eigenvalue weighted by atomic mass is 9.81. The summed E-state index contributed by atoms with van der Waals surface area (Å²) in [5, 5.41) is 3.70. The van der Waals surface area contributed by atoms with Crippen LogP contribution in [0.25, 0.3) is 0 Å². The fourth-order valence-electron chi connectivity index (χ4n) is 3.90. The van der Waals surface area contributed by atoms with E-state index in [1.807, 2.05) is 12.1 Å². The summed E-state index contributed by atoms with van der Waals surface area (Å²) in [6, 6.07) is 5.18. The minimum absolute atomic E-state index is 0.527. The van der Waals surface area contributed by atoms with Crippen molar-refractivity contribution in [2.24, 2.45) is 0 Å². The van der Waals surface area contributed by atoms with Crippen molar-refractivity contribution in [1.82, 2.24) is 10.2 Å². The molecule has 0 spiro atoms. The monoisotopic (exact) mass is 290 g/mol. The van der Waals surface area contributed by atoms with Gasteiger partial charge in [0.05, 0.1) is 14.2 Å². The van der Waals surface area contributed by atoms with Crippen LogP contribution in [0.3, 0.4) is 0 Å². The average Bonchev–Trinajstić information content (AvgIpc) is 2.52. The number of hydrogen-bond acceptors (Lipinski definition) is 4. The molecular weight excluding hydrogens is 264 g/mol. The lowest BCUT2D eigenvalue weighted by Crippen LogP contribution is -2.61. The first kappa shape index (κ1) is 14.7. The maximum Gasteiger partial charge on any atom is 0.122 e. The average molecular weight is 290 g/mol. The first-order valence-electron chi connectivity index (χ1n) is 7.98. The molecule has 1 aromatic carbocycles. The first-order valence-corrected chi connectivity index (χ1v) is 7.98. The highest BCUT2D eigenvalue weighted by Crippen LogP contribution is 2.38. The maximum absolute atomic E-state index is 5.59. The minimum atomic E-state index is 0.527. The van der Waals surface area contributed by atoms with Gasteiger partial charge in [-0.2, -0.15) is 0 Å². The molecule has 2 atom stereocenters. The van der Waals surface area contributed by atoms with Gasteiger partial charge in [0.15, 0.2) is 0 Å². The molecule has 3 rings (SSSR count). The van der Waals surface area contributed by atoms with E-state index in [0.29, 0.717) is 12.1 Å². The van der Waals surface area contributed by atoms with Gasteiger partial charge in [0, 0.05) is 36.3 Å². The van der Waals surface area contributed by atoms with Crippen LogP contribution in [0, 0.1) is 0 Å². The molecule has 4 nitrogen and oxygen atoms in total. The van der Waals surface area contributed by atoms with Gasteiger partial charge in [0.2, 0.25) is 0 Å². The Kier molecular flexibility index (Phi) is 4.36. The third kappa shape index (κ3) is 2.62. The van der Waals surface area contributed by atoms with Crippen LogP contribution in [-0.4, -0.2) is 50.8 Å². The molecule has 1 fully saturated rings. The van der Waals surface area contributed by atoms with Crippen molar-refractivity contribution >= 4 is 0 Å². The van der Waals surface area contributed by atoms with Crippen molar-refractivity contribution in [3.63, 3.8) is 0 Å². The number of methoxy groups -OCH3 is 2. The molecular formula is C17H26N2O2. The summed E-state index contributed by atoms with van der Waals surface area (Å²) < 4.78 is 11.2. The van der Waals surface area contributed by atoms with Crippen molar-refractivity contribution in [1.29, 1.82) is 0 Å². The zero-order valence-electron chi connectivity index (χ0n) is 13.3. The van der Waals surface area contributed by atoms with E-state index in [0.717, 1.165) is 37.4 Å². The van der Waals surface area contributed by atoms with Gasteiger partial charge in [0.25, 0.3) is 0 Å². The fourth-order valence-corrected chi connectivity index (χ4v) is 3.90. The highest BCUT2D eigenvalue weighted by atomic mass is 16.5. The van der Waals surface area contributed by atoms with Crippen LogP contribution in [0.4, 0.5) is 0 Å². The number of ether oxygens (including phenoxy) is 2. The Balaban J connectivity index is 1.96. The van der Waals surface area contributed by atoms with Crippen molar-refractivity contribution in [3.8, 4) is 11.5 Å².